The summed E-state index contributed by atoms with van der Waals surface area (Å²) in [5.74, 6) is 0. The van der Waals surface area contributed by atoms with Crippen LogP contribution >= 0.6 is 24.4 Å². The van der Waals surface area contributed by atoms with Gasteiger partial charge < -0.3 is 37.7 Å². The fraction of sp³-hybridized carbons (Fsp3) is 0.667. The van der Waals surface area contributed by atoms with Gasteiger partial charge in [-0.1, -0.05) is 40.8 Å². The summed E-state index contributed by atoms with van der Waals surface area (Å²) < 4.78 is 0. The largest absolute Gasteiger partial charge is 4.00 e. The summed E-state index contributed by atoms with van der Waals surface area (Å²) in [5.41, 5.74) is 0. The Hall–Kier alpha value is 1.60. The van der Waals surface area contributed by atoms with Crippen LogP contribution in [0.25, 0.3) is 0 Å². The Labute approximate surface area is 160 Å². The number of rotatable bonds is 4. The Balaban J connectivity index is -0.0000000290. The first-order valence-electron chi connectivity index (χ1n) is 5.37. The average molecular weight is 424 g/mol. The van der Waals surface area contributed by atoms with E-state index in [0.717, 1.165) is 32.1 Å². The van der Waals surface area contributed by atoms with Gasteiger partial charge in [0.05, 0.1) is 0 Å². The first-order chi connectivity index (χ1) is 6.95. The van der Waals surface area contributed by atoms with Crippen molar-refractivity contribution in [2.45, 2.75) is 53.6 Å². The van der Waals surface area contributed by atoms with Crippen molar-refractivity contribution in [3.05, 3.63) is 12.8 Å². The zero-order valence-electron chi connectivity index (χ0n) is 12.2. The van der Waals surface area contributed by atoms with E-state index in [1.807, 2.05) is 26.7 Å². The van der Waals surface area contributed by atoms with Gasteiger partial charge in [0.2, 0.25) is 0 Å². The SMILES string of the molecule is CC[CH-]C(C)=S.CC[CH-]C(C)=S.C[SiH]C.[Cl-].[Cl-].[Zr+4]. The van der Waals surface area contributed by atoms with Gasteiger partial charge in [-0.15, -0.1) is 34.2 Å². The van der Waals surface area contributed by atoms with Gasteiger partial charge in [0.15, 0.2) is 0 Å². The molecule has 0 aromatic rings. The van der Waals surface area contributed by atoms with Gasteiger partial charge >= 0.3 is 26.2 Å². The van der Waals surface area contributed by atoms with E-state index < -0.39 is 0 Å². The van der Waals surface area contributed by atoms with Crippen LogP contribution in [-0.4, -0.2) is 19.2 Å². The molecule has 0 aromatic carbocycles. The van der Waals surface area contributed by atoms with Crippen molar-refractivity contribution >= 4 is 43.7 Å². The van der Waals surface area contributed by atoms with E-state index in [9.17, 15) is 0 Å². The molecule has 0 saturated carbocycles. The molecule has 0 aliphatic carbocycles. The maximum atomic E-state index is 4.74. The molecule has 107 valence electrons. The van der Waals surface area contributed by atoms with E-state index in [4.69, 9.17) is 24.4 Å². The molecule has 0 amide bonds. The summed E-state index contributed by atoms with van der Waals surface area (Å²) in [6.45, 7) is 12.4. The van der Waals surface area contributed by atoms with Crippen molar-refractivity contribution in [3.63, 3.8) is 0 Å². The summed E-state index contributed by atoms with van der Waals surface area (Å²) in [7, 11) is 0.750. The predicted molar refractivity (Wildman–Crippen MR) is 84.6 cm³/mol. The molecule has 0 heterocycles. The number of thiocarbonyl (C=S) groups is 2. The molecule has 0 aliphatic heterocycles. The standard InChI is InChI=1S/2C5H9S.C2H7Si.2ClH.Zr/c2*1-3-4-5(2)6;1-3-2;;;/h2*4H,3H2,1-2H3;3H,1-2H3;2*1H;/q2*-1;;;;+4/p-2. The second-order valence-electron chi connectivity index (χ2n) is 3.02. The molecule has 0 fully saturated rings. The zero-order valence-corrected chi connectivity index (χ0v) is 19.0. The normalized spacial score (nSPS) is 6.11. The molecule has 0 N–H and O–H groups in total. The monoisotopic (exact) mass is 421 g/mol. The molecule has 1 radical (unpaired) electrons. The van der Waals surface area contributed by atoms with Crippen LogP contribution in [0.2, 0.25) is 13.1 Å². The first kappa shape index (κ1) is 36.7. The van der Waals surface area contributed by atoms with E-state index in [1.165, 1.54) is 0 Å². The Morgan fingerprint density at radius 2 is 1.06 bits per heavy atom. The topological polar surface area (TPSA) is 0 Å². The number of halogens is 2. The molecule has 0 saturated heterocycles. The first-order valence-corrected chi connectivity index (χ1v) is 8.50. The van der Waals surface area contributed by atoms with E-state index in [1.54, 1.807) is 0 Å². The quantitative estimate of drug-likeness (QED) is 0.307. The fourth-order valence-corrected chi connectivity index (χ4v) is 0.908. The summed E-state index contributed by atoms with van der Waals surface area (Å²) in [4.78, 5) is 2.00. The van der Waals surface area contributed by atoms with Crippen LogP contribution in [0.5, 0.6) is 0 Å². The molecule has 18 heavy (non-hydrogen) atoms. The van der Waals surface area contributed by atoms with Gasteiger partial charge in [0.25, 0.3) is 0 Å². The van der Waals surface area contributed by atoms with Crippen LogP contribution in [0, 0.1) is 12.8 Å². The Morgan fingerprint density at radius 3 is 1.06 bits per heavy atom. The van der Waals surface area contributed by atoms with Gasteiger partial charge in [0, 0.05) is 9.52 Å². The molecule has 0 bridgehead atoms. The van der Waals surface area contributed by atoms with Crippen LogP contribution in [0.4, 0.5) is 0 Å². The zero-order chi connectivity index (χ0) is 12.7. The van der Waals surface area contributed by atoms with E-state index in [0.29, 0.717) is 0 Å². The van der Waals surface area contributed by atoms with Gasteiger partial charge in [-0.3, -0.25) is 0 Å². The van der Waals surface area contributed by atoms with Gasteiger partial charge in [0.1, 0.15) is 0 Å². The Bertz CT molecular complexity index is 143. The van der Waals surface area contributed by atoms with E-state index in [-0.39, 0.29) is 51.0 Å². The maximum absolute atomic E-state index is 4.74. The van der Waals surface area contributed by atoms with Gasteiger partial charge in [-0.2, -0.15) is 12.8 Å². The van der Waals surface area contributed by atoms with Crippen LogP contribution in [0.1, 0.15) is 40.5 Å². The van der Waals surface area contributed by atoms with Crippen molar-refractivity contribution in [1.82, 2.24) is 0 Å². The molecule has 6 heteroatoms. The Morgan fingerprint density at radius 1 is 0.889 bits per heavy atom. The minimum absolute atomic E-state index is 0. The van der Waals surface area contributed by atoms with Crippen molar-refractivity contribution in [1.29, 1.82) is 0 Å². The van der Waals surface area contributed by atoms with Crippen molar-refractivity contribution < 1.29 is 51.0 Å². The van der Waals surface area contributed by atoms with Crippen LogP contribution in [0.3, 0.4) is 0 Å². The third kappa shape index (κ3) is 84.0. The second-order valence-corrected chi connectivity index (χ2v) is 5.47. The molecule has 0 unspecified atom stereocenters. The summed E-state index contributed by atoms with van der Waals surface area (Å²) in [5, 5.41) is 0. The van der Waals surface area contributed by atoms with Gasteiger partial charge in [-0.25, -0.2) is 0 Å². The molecule has 0 rings (SSSR count). The van der Waals surface area contributed by atoms with Gasteiger partial charge in [-0.05, 0) is 0 Å². The fourth-order valence-electron chi connectivity index (χ4n) is 0.575. The molecule has 0 aliphatic rings. The van der Waals surface area contributed by atoms with Crippen LogP contribution in [-0.2, 0) is 26.2 Å². The van der Waals surface area contributed by atoms with Crippen molar-refractivity contribution in [2.75, 3.05) is 0 Å². The van der Waals surface area contributed by atoms with E-state index in [2.05, 4.69) is 26.9 Å². The predicted octanol–water partition coefficient (Wildman–Crippen LogP) is -1.49. The van der Waals surface area contributed by atoms with E-state index >= 15 is 0 Å². The van der Waals surface area contributed by atoms with Crippen LogP contribution in [0.15, 0.2) is 0 Å². The van der Waals surface area contributed by atoms with Crippen molar-refractivity contribution in [2.24, 2.45) is 0 Å². The smallest absolute Gasteiger partial charge is 1.00 e. The molecule has 0 aromatic heterocycles. The van der Waals surface area contributed by atoms with Crippen LogP contribution < -0.4 is 24.8 Å². The third-order valence-corrected chi connectivity index (χ3v) is 1.32. The number of hydrogen-bond donors (Lipinski definition) is 0. The molecule has 0 spiro atoms. The number of hydrogen-bond acceptors (Lipinski definition) is 2. The summed E-state index contributed by atoms with van der Waals surface area (Å²) >= 11 is 9.48. The molecular weight excluding hydrogens is 398 g/mol. The third-order valence-electron chi connectivity index (χ3n) is 0.983. The second kappa shape index (κ2) is 36.3. The molecule has 0 nitrogen and oxygen atoms in total. The average Bonchev–Trinajstić information content (AvgIpc) is 2.05. The van der Waals surface area contributed by atoms with Crippen molar-refractivity contribution in [3.8, 4) is 0 Å². The summed E-state index contributed by atoms with van der Waals surface area (Å²) in [6.07, 6.45) is 6.18. The molecule has 0 atom stereocenters. The minimum atomic E-state index is 0. The molecular formula is C12H25Cl2S2SiZr. The summed E-state index contributed by atoms with van der Waals surface area (Å²) in [6, 6.07) is 0. The minimum Gasteiger partial charge on any atom is -1.00 e. The Kier molecular flexibility index (Phi) is 73.9. The maximum Gasteiger partial charge on any atom is 4.00 e.